The van der Waals surface area contributed by atoms with Crippen molar-refractivity contribution in [2.75, 3.05) is 6.61 Å². The van der Waals surface area contributed by atoms with E-state index in [2.05, 4.69) is 10.9 Å². The highest BCUT2D eigenvalue weighted by molar-refractivity contribution is 7.12. The molecule has 0 atom stereocenters. The number of carbonyl (C=O) groups excluding carboxylic acids is 2. The van der Waals surface area contributed by atoms with Crippen molar-refractivity contribution < 1.29 is 18.7 Å². The average molecular weight is 387 g/mol. The third-order valence-electron chi connectivity index (χ3n) is 3.80. The molecule has 0 radical (unpaired) electrons. The summed E-state index contributed by atoms with van der Waals surface area (Å²) in [6, 6.07) is 9.80. The maximum Gasteiger partial charge on any atom is 0.426 e. The van der Waals surface area contributed by atoms with Crippen molar-refractivity contribution in [1.82, 2.24) is 15.4 Å². The van der Waals surface area contributed by atoms with Crippen molar-refractivity contribution in [2.24, 2.45) is 0 Å². The molecule has 2 amide bonds. The van der Waals surface area contributed by atoms with Crippen molar-refractivity contribution in [3.05, 3.63) is 76.0 Å². The Kier molecular flexibility index (Phi) is 5.87. The van der Waals surface area contributed by atoms with Gasteiger partial charge in [-0.3, -0.25) is 10.2 Å². The van der Waals surface area contributed by atoms with Crippen LogP contribution in [-0.4, -0.2) is 23.2 Å². The molecule has 2 heterocycles. The molecular weight excluding hydrogens is 369 g/mol. The summed E-state index contributed by atoms with van der Waals surface area (Å²) in [7, 11) is 0. The molecule has 0 spiro atoms. The number of nitrogens with one attached hydrogen (secondary N) is 2. The first kappa shape index (κ1) is 18.7. The predicted molar refractivity (Wildman–Crippen MR) is 100 cm³/mol. The normalized spacial score (nSPS) is 10.4. The number of aryl methyl sites for hydroxylation is 1. The van der Waals surface area contributed by atoms with Crippen LogP contribution in [0.2, 0.25) is 0 Å². The Morgan fingerprint density at radius 3 is 2.70 bits per heavy atom. The van der Waals surface area contributed by atoms with E-state index >= 15 is 0 Å². The van der Waals surface area contributed by atoms with Gasteiger partial charge in [0.05, 0.1) is 12.3 Å². The van der Waals surface area contributed by atoms with Crippen LogP contribution in [0.3, 0.4) is 0 Å². The molecule has 0 aliphatic rings. The minimum Gasteiger partial charge on any atom is -0.448 e. The van der Waals surface area contributed by atoms with E-state index in [9.17, 15) is 14.0 Å². The summed E-state index contributed by atoms with van der Waals surface area (Å²) in [5, 5.41) is 1.88. The summed E-state index contributed by atoms with van der Waals surface area (Å²) in [5.41, 5.74) is 7.01. The summed E-state index contributed by atoms with van der Waals surface area (Å²) in [6.07, 6.45) is 3.29. The number of rotatable bonds is 5. The first-order valence-electron chi connectivity index (χ1n) is 8.23. The number of ether oxygens (including phenoxy) is 1. The van der Waals surface area contributed by atoms with Crippen molar-refractivity contribution in [2.45, 2.75) is 13.3 Å². The smallest absolute Gasteiger partial charge is 0.426 e. The van der Waals surface area contributed by atoms with Gasteiger partial charge in [0.1, 0.15) is 10.7 Å². The van der Waals surface area contributed by atoms with Crippen LogP contribution in [0.25, 0.3) is 5.69 Å². The van der Waals surface area contributed by atoms with Crippen LogP contribution in [0, 0.1) is 12.7 Å². The first-order chi connectivity index (χ1) is 13.0. The minimum absolute atomic E-state index is 0.0673. The van der Waals surface area contributed by atoms with Gasteiger partial charge < -0.3 is 9.30 Å². The fourth-order valence-electron chi connectivity index (χ4n) is 2.56. The van der Waals surface area contributed by atoms with Gasteiger partial charge in [-0.05, 0) is 47.7 Å². The lowest BCUT2D eigenvalue weighted by Gasteiger charge is -2.10. The molecule has 1 aromatic carbocycles. The maximum atomic E-state index is 13.1. The van der Waals surface area contributed by atoms with Crippen LogP contribution in [0.15, 0.2) is 54.2 Å². The number of amides is 2. The van der Waals surface area contributed by atoms with E-state index in [1.54, 1.807) is 12.1 Å². The Labute approximate surface area is 159 Å². The molecule has 0 saturated heterocycles. The SMILES string of the molecule is Cc1csc(C(=O)NNC(=O)OCCc2cccc(F)c2)c1-n1cccc1. The quantitative estimate of drug-likeness (QED) is 0.657. The van der Waals surface area contributed by atoms with Crippen molar-refractivity contribution >= 4 is 23.3 Å². The second-order valence-corrected chi connectivity index (χ2v) is 6.66. The zero-order valence-electron chi connectivity index (χ0n) is 14.6. The van der Waals surface area contributed by atoms with E-state index < -0.39 is 12.0 Å². The number of aromatic nitrogens is 1. The van der Waals surface area contributed by atoms with E-state index in [-0.39, 0.29) is 12.4 Å². The number of benzene rings is 1. The van der Waals surface area contributed by atoms with Crippen LogP contribution in [-0.2, 0) is 11.2 Å². The standard InChI is InChI=1S/C19H18FN3O3S/c1-13-12-27-17(16(13)23-8-2-3-9-23)18(24)21-22-19(25)26-10-7-14-5-4-6-15(20)11-14/h2-6,8-9,11-12H,7,10H2,1H3,(H,21,24)(H,22,25). The van der Waals surface area contributed by atoms with Crippen molar-refractivity contribution in [3.8, 4) is 5.69 Å². The van der Waals surface area contributed by atoms with Gasteiger partial charge in [-0.2, -0.15) is 0 Å². The molecule has 0 unspecified atom stereocenters. The lowest BCUT2D eigenvalue weighted by Crippen LogP contribution is -2.42. The molecule has 6 nitrogen and oxygen atoms in total. The fourth-order valence-corrected chi connectivity index (χ4v) is 3.50. The van der Waals surface area contributed by atoms with Gasteiger partial charge >= 0.3 is 6.09 Å². The van der Waals surface area contributed by atoms with E-state index in [0.29, 0.717) is 11.3 Å². The van der Waals surface area contributed by atoms with E-state index in [0.717, 1.165) is 16.8 Å². The minimum atomic E-state index is -0.782. The van der Waals surface area contributed by atoms with Gasteiger partial charge in [0.2, 0.25) is 0 Å². The fraction of sp³-hybridized carbons (Fsp3) is 0.158. The molecule has 3 rings (SSSR count). The number of halogens is 1. The van der Waals surface area contributed by atoms with Gasteiger partial charge in [-0.15, -0.1) is 11.3 Å². The average Bonchev–Trinajstić information content (AvgIpc) is 3.29. The lowest BCUT2D eigenvalue weighted by atomic mass is 10.2. The molecule has 27 heavy (non-hydrogen) atoms. The van der Waals surface area contributed by atoms with Gasteiger partial charge in [0, 0.05) is 18.8 Å². The molecule has 0 aliphatic heterocycles. The monoisotopic (exact) mass is 387 g/mol. The molecule has 3 aromatic rings. The molecule has 2 N–H and O–H groups in total. The Morgan fingerprint density at radius 1 is 1.19 bits per heavy atom. The summed E-state index contributed by atoms with van der Waals surface area (Å²) in [5.74, 6) is -0.771. The van der Waals surface area contributed by atoms with Gasteiger partial charge in [-0.25, -0.2) is 14.6 Å². The van der Waals surface area contributed by atoms with Crippen LogP contribution in [0.4, 0.5) is 9.18 Å². The highest BCUT2D eigenvalue weighted by Crippen LogP contribution is 2.26. The third kappa shape index (κ3) is 4.73. The molecule has 140 valence electrons. The lowest BCUT2D eigenvalue weighted by molar-refractivity contribution is 0.0914. The predicted octanol–water partition coefficient (Wildman–Crippen LogP) is 3.60. The molecule has 0 aliphatic carbocycles. The van der Waals surface area contributed by atoms with Crippen LogP contribution < -0.4 is 10.9 Å². The first-order valence-corrected chi connectivity index (χ1v) is 9.11. The summed E-state index contributed by atoms with van der Waals surface area (Å²) in [4.78, 5) is 24.6. The van der Waals surface area contributed by atoms with Crippen LogP contribution in [0.1, 0.15) is 20.8 Å². The van der Waals surface area contributed by atoms with Crippen LogP contribution >= 0.6 is 11.3 Å². The van der Waals surface area contributed by atoms with Crippen molar-refractivity contribution in [1.29, 1.82) is 0 Å². The van der Waals surface area contributed by atoms with Gasteiger partial charge in [0.25, 0.3) is 5.91 Å². The number of hydrogen-bond acceptors (Lipinski definition) is 4. The Bertz CT molecular complexity index is 938. The number of carbonyl (C=O) groups is 2. The molecule has 8 heteroatoms. The Morgan fingerprint density at radius 2 is 1.96 bits per heavy atom. The second-order valence-electron chi connectivity index (χ2n) is 5.78. The topological polar surface area (TPSA) is 72.4 Å². The van der Waals surface area contributed by atoms with E-state index in [1.807, 2.05) is 41.4 Å². The number of thiophene rings is 1. The third-order valence-corrected chi connectivity index (χ3v) is 4.89. The second kappa shape index (κ2) is 8.50. The molecule has 0 fully saturated rings. The van der Waals surface area contributed by atoms with Gasteiger partial charge in [0.15, 0.2) is 0 Å². The largest absolute Gasteiger partial charge is 0.448 e. The number of hydrogen-bond donors (Lipinski definition) is 2. The molecule has 0 saturated carbocycles. The van der Waals surface area contributed by atoms with E-state index in [1.165, 1.54) is 23.5 Å². The zero-order chi connectivity index (χ0) is 19.2. The van der Waals surface area contributed by atoms with Crippen molar-refractivity contribution in [3.63, 3.8) is 0 Å². The molecule has 2 aromatic heterocycles. The number of nitrogens with zero attached hydrogens (tertiary/aromatic N) is 1. The summed E-state index contributed by atoms with van der Waals surface area (Å²) < 4.78 is 19.9. The van der Waals surface area contributed by atoms with Crippen LogP contribution in [0.5, 0.6) is 0 Å². The highest BCUT2D eigenvalue weighted by Gasteiger charge is 2.18. The molecular formula is C19H18FN3O3S. The van der Waals surface area contributed by atoms with Gasteiger partial charge in [-0.1, -0.05) is 12.1 Å². The Balaban J connectivity index is 1.50. The molecule has 0 bridgehead atoms. The number of hydrazine groups is 1. The van der Waals surface area contributed by atoms with E-state index in [4.69, 9.17) is 4.74 Å². The highest BCUT2D eigenvalue weighted by atomic mass is 32.1. The maximum absolute atomic E-state index is 13.1. The summed E-state index contributed by atoms with van der Waals surface area (Å²) in [6.45, 7) is 1.98. The Hall–Kier alpha value is -3.13. The zero-order valence-corrected chi connectivity index (χ0v) is 15.4. The summed E-state index contributed by atoms with van der Waals surface area (Å²) >= 11 is 1.29.